The molecule has 2 atom stereocenters. The van der Waals surface area contributed by atoms with Crippen LogP contribution in [0.1, 0.15) is 26.7 Å². The Balaban J connectivity index is 2.83. The Morgan fingerprint density at radius 2 is 2.46 bits per heavy atom. The van der Waals surface area contributed by atoms with Gasteiger partial charge in [-0.25, -0.2) is 0 Å². The standard InChI is InChI=1S/C11H19NO/c1-8(2)10-5-4-9(3)11(13,6-10)7-12/h4,10,13H,1,5-7,12H2,2-3H3/t10-,11+/m1/s1. The second-order valence-corrected chi connectivity index (χ2v) is 4.11. The van der Waals surface area contributed by atoms with Crippen LogP contribution in [0.5, 0.6) is 0 Å². The summed E-state index contributed by atoms with van der Waals surface area (Å²) in [5.41, 5.74) is 6.92. The van der Waals surface area contributed by atoms with Crippen molar-refractivity contribution in [2.24, 2.45) is 11.7 Å². The molecule has 13 heavy (non-hydrogen) atoms. The second-order valence-electron chi connectivity index (χ2n) is 4.11. The van der Waals surface area contributed by atoms with Crippen LogP contribution < -0.4 is 5.73 Å². The van der Waals surface area contributed by atoms with Crippen molar-refractivity contribution in [1.29, 1.82) is 0 Å². The number of rotatable bonds is 2. The minimum absolute atomic E-state index is 0.305. The Kier molecular flexibility index (Phi) is 2.94. The third kappa shape index (κ3) is 2.01. The molecular weight excluding hydrogens is 162 g/mol. The molecule has 0 aliphatic heterocycles. The van der Waals surface area contributed by atoms with E-state index in [-0.39, 0.29) is 0 Å². The minimum Gasteiger partial charge on any atom is -0.384 e. The van der Waals surface area contributed by atoms with Crippen molar-refractivity contribution < 1.29 is 5.11 Å². The summed E-state index contributed by atoms with van der Waals surface area (Å²) in [6.07, 6.45) is 3.79. The fraction of sp³-hybridized carbons (Fsp3) is 0.636. The average Bonchev–Trinajstić information content (AvgIpc) is 2.09. The van der Waals surface area contributed by atoms with Crippen molar-refractivity contribution in [3.8, 4) is 0 Å². The first-order valence-corrected chi connectivity index (χ1v) is 4.74. The molecule has 0 unspecified atom stereocenters. The lowest BCUT2D eigenvalue weighted by molar-refractivity contribution is 0.0579. The monoisotopic (exact) mass is 181 g/mol. The van der Waals surface area contributed by atoms with Gasteiger partial charge in [0, 0.05) is 6.54 Å². The lowest BCUT2D eigenvalue weighted by Gasteiger charge is -2.36. The second kappa shape index (κ2) is 3.64. The van der Waals surface area contributed by atoms with E-state index in [1.165, 1.54) is 0 Å². The normalized spacial score (nSPS) is 34.2. The van der Waals surface area contributed by atoms with E-state index in [0.29, 0.717) is 12.5 Å². The highest BCUT2D eigenvalue weighted by atomic mass is 16.3. The number of allylic oxidation sites excluding steroid dienone is 2. The van der Waals surface area contributed by atoms with Crippen molar-refractivity contribution >= 4 is 0 Å². The van der Waals surface area contributed by atoms with E-state index in [0.717, 1.165) is 24.0 Å². The van der Waals surface area contributed by atoms with E-state index in [4.69, 9.17) is 5.73 Å². The van der Waals surface area contributed by atoms with Gasteiger partial charge in [0.1, 0.15) is 0 Å². The van der Waals surface area contributed by atoms with E-state index in [9.17, 15) is 5.11 Å². The summed E-state index contributed by atoms with van der Waals surface area (Å²) in [6.45, 7) is 8.18. The Bertz CT molecular complexity index is 244. The first kappa shape index (κ1) is 10.5. The first-order chi connectivity index (χ1) is 5.99. The molecule has 74 valence electrons. The van der Waals surface area contributed by atoms with Crippen LogP contribution in [-0.2, 0) is 0 Å². The highest BCUT2D eigenvalue weighted by Crippen LogP contribution is 2.34. The predicted molar refractivity (Wildman–Crippen MR) is 55.3 cm³/mol. The quantitative estimate of drug-likeness (QED) is 0.636. The number of aliphatic hydroxyl groups is 1. The molecule has 0 aromatic carbocycles. The smallest absolute Gasteiger partial charge is 0.0981 e. The summed E-state index contributed by atoms with van der Waals surface area (Å²) >= 11 is 0. The highest BCUT2D eigenvalue weighted by molar-refractivity contribution is 5.22. The van der Waals surface area contributed by atoms with Gasteiger partial charge >= 0.3 is 0 Å². The SMILES string of the molecule is C=C(C)[C@@H]1CC=C(C)[C@@](O)(CN)C1. The van der Waals surface area contributed by atoms with Gasteiger partial charge in [-0.05, 0) is 38.2 Å². The molecule has 0 heterocycles. The molecule has 0 radical (unpaired) electrons. The van der Waals surface area contributed by atoms with Crippen molar-refractivity contribution in [3.05, 3.63) is 23.8 Å². The molecule has 0 aromatic heterocycles. The molecule has 3 N–H and O–H groups in total. The van der Waals surface area contributed by atoms with Gasteiger partial charge in [-0.1, -0.05) is 18.2 Å². The van der Waals surface area contributed by atoms with Gasteiger partial charge in [-0.3, -0.25) is 0 Å². The first-order valence-electron chi connectivity index (χ1n) is 4.74. The Morgan fingerprint density at radius 1 is 1.85 bits per heavy atom. The maximum absolute atomic E-state index is 10.1. The Labute approximate surface area is 80.1 Å². The summed E-state index contributed by atoms with van der Waals surface area (Å²) in [5.74, 6) is 0.386. The van der Waals surface area contributed by atoms with Crippen LogP contribution in [0.3, 0.4) is 0 Å². The molecule has 1 aliphatic carbocycles. The molecule has 0 aromatic rings. The van der Waals surface area contributed by atoms with Crippen LogP contribution in [0.4, 0.5) is 0 Å². The maximum Gasteiger partial charge on any atom is 0.0981 e. The Morgan fingerprint density at radius 3 is 2.92 bits per heavy atom. The predicted octanol–water partition coefficient (Wildman–Crippen LogP) is 1.61. The van der Waals surface area contributed by atoms with Gasteiger partial charge in [-0.2, -0.15) is 0 Å². The summed E-state index contributed by atoms with van der Waals surface area (Å²) in [4.78, 5) is 0. The summed E-state index contributed by atoms with van der Waals surface area (Å²) < 4.78 is 0. The van der Waals surface area contributed by atoms with Gasteiger partial charge < -0.3 is 10.8 Å². The molecule has 0 saturated heterocycles. The number of nitrogens with two attached hydrogens (primary N) is 1. The zero-order chi connectivity index (χ0) is 10.1. The largest absolute Gasteiger partial charge is 0.384 e. The van der Waals surface area contributed by atoms with Gasteiger partial charge in [-0.15, -0.1) is 0 Å². The number of hydrogen-bond acceptors (Lipinski definition) is 2. The molecule has 1 rings (SSSR count). The van der Waals surface area contributed by atoms with E-state index in [1.54, 1.807) is 0 Å². The summed E-state index contributed by atoms with van der Waals surface area (Å²) in [5, 5.41) is 10.1. The van der Waals surface area contributed by atoms with E-state index in [1.807, 2.05) is 13.8 Å². The molecule has 0 saturated carbocycles. The van der Waals surface area contributed by atoms with Crippen LogP contribution in [0.15, 0.2) is 23.8 Å². The van der Waals surface area contributed by atoms with Crippen molar-refractivity contribution in [1.82, 2.24) is 0 Å². The zero-order valence-electron chi connectivity index (χ0n) is 8.51. The van der Waals surface area contributed by atoms with Crippen molar-refractivity contribution in [3.63, 3.8) is 0 Å². The molecule has 0 fully saturated rings. The van der Waals surface area contributed by atoms with Crippen molar-refractivity contribution in [2.75, 3.05) is 6.54 Å². The molecule has 2 nitrogen and oxygen atoms in total. The molecule has 1 aliphatic rings. The van der Waals surface area contributed by atoms with Crippen LogP contribution >= 0.6 is 0 Å². The molecule has 0 spiro atoms. The zero-order valence-corrected chi connectivity index (χ0v) is 8.51. The van der Waals surface area contributed by atoms with E-state index >= 15 is 0 Å². The van der Waals surface area contributed by atoms with Gasteiger partial charge in [0.2, 0.25) is 0 Å². The van der Waals surface area contributed by atoms with Crippen molar-refractivity contribution in [2.45, 2.75) is 32.3 Å². The van der Waals surface area contributed by atoms with Crippen LogP contribution in [0.2, 0.25) is 0 Å². The topological polar surface area (TPSA) is 46.2 Å². The lowest BCUT2D eigenvalue weighted by Crippen LogP contribution is -2.42. The highest BCUT2D eigenvalue weighted by Gasteiger charge is 2.33. The van der Waals surface area contributed by atoms with Crippen LogP contribution in [-0.4, -0.2) is 17.3 Å². The average molecular weight is 181 g/mol. The van der Waals surface area contributed by atoms with E-state index < -0.39 is 5.60 Å². The van der Waals surface area contributed by atoms with Gasteiger partial charge in [0.25, 0.3) is 0 Å². The third-order valence-electron chi connectivity index (χ3n) is 3.06. The fourth-order valence-electron chi connectivity index (χ4n) is 1.78. The molecular formula is C11H19NO. The van der Waals surface area contributed by atoms with Crippen LogP contribution in [0.25, 0.3) is 0 Å². The Hall–Kier alpha value is -0.600. The third-order valence-corrected chi connectivity index (χ3v) is 3.06. The number of hydrogen-bond donors (Lipinski definition) is 2. The maximum atomic E-state index is 10.1. The van der Waals surface area contributed by atoms with Crippen LogP contribution in [0, 0.1) is 5.92 Å². The van der Waals surface area contributed by atoms with Gasteiger partial charge in [0.05, 0.1) is 5.60 Å². The van der Waals surface area contributed by atoms with Gasteiger partial charge in [0.15, 0.2) is 0 Å². The summed E-state index contributed by atoms with van der Waals surface area (Å²) in [6, 6.07) is 0. The fourth-order valence-corrected chi connectivity index (χ4v) is 1.78. The summed E-state index contributed by atoms with van der Waals surface area (Å²) in [7, 11) is 0. The van der Waals surface area contributed by atoms with E-state index in [2.05, 4.69) is 12.7 Å². The minimum atomic E-state index is -0.790. The molecule has 0 bridgehead atoms. The molecule has 2 heteroatoms. The lowest BCUT2D eigenvalue weighted by atomic mass is 9.76. The molecule has 0 amide bonds.